The van der Waals surface area contributed by atoms with Crippen LogP contribution in [0.25, 0.3) is 0 Å². The van der Waals surface area contributed by atoms with E-state index < -0.39 is 18.4 Å². The third-order valence-corrected chi connectivity index (χ3v) is 0.720. The van der Waals surface area contributed by atoms with Crippen LogP contribution in [0.15, 0.2) is 0 Å². The van der Waals surface area contributed by atoms with Gasteiger partial charge in [0.25, 0.3) is 0 Å². The monoisotopic (exact) mass is 162 g/mol. The van der Waals surface area contributed by atoms with Crippen molar-refractivity contribution < 1.29 is 19.3 Å². The minimum Gasteiger partial charge on any atom is -0.370 e. The largest absolute Gasteiger partial charge is 0.370 e. The third kappa shape index (κ3) is 5.31. The topological polar surface area (TPSA) is 76.7 Å². The molecule has 0 fully saturated rings. The summed E-state index contributed by atoms with van der Waals surface area (Å²) in [6.07, 6.45) is -0.415. The van der Waals surface area contributed by atoms with Crippen molar-refractivity contribution in [1.82, 2.24) is 11.0 Å². The molecule has 0 unspecified atom stereocenters. The zero-order chi connectivity index (χ0) is 8.69. The Morgan fingerprint density at radius 1 is 1.09 bits per heavy atom. The highest BCUT2D eigenvalue weighted by Gasteiger charge is 2.10. The average Bonchev–Trinajstić information content (AvgIpc) is 1.87. The van der Waals surface area contributed by atoms with Gasteiger partial charge in [0.2, 0.25) is 0 Å². The lowest BCUT2D eigenvalue weighted by molar-refractivity contribution is -0.161. The van der Waals surface area contributed by atoms with Gasteiger partial charge >= 0.3 is 11.9 Å². The average molecular weight is 162 g/mol. The molecular formula is C5H10N2O4. The lowest BCUT2D eigenvalue weighted by Gasteiger charge is -2.00. The summed E-state index contributed by atoms with van der Waals surface area (Å²) in [7, 11) is 2.84. The maximum absolute atomic E-state index is 10.5. The molecule has 2 N–H and O–H groups in total. The first-order valence-electron chi connectivity index (χ1n) is 2.93. The van der Waals surface area contributed by atoms with Crippen LogP contribution in [-0.4, -0.2) is 26.0 Å². The molecule has 6 heteroatoms. The van der Waals surface area contributed by atoms with Crippen molar-refractivity contribution in [1.29, 1.82) is 0 Å². The number of carbonyl (C=O) groups excluding carboxylic acids is 2. The van der Waals surface area contributed by atoms with E-state index in [2.05, 4.69) is 20.6 Å². The highest BCUT2D eigenvalue weighted by Crippen LogP contribution is 1.85. The lowest BCUT2D eigenvalue weighted by atomic mass is 10.4. The van der Waals surface area contributed by atoms with Crippen LogP contribution in [0, 0.1) is 0 Å². The Bertz CT molecular complexity index is 131. The summed E-state index contributed by atoms with van der Waals surface area (Å²) < 4.78 is 0. The number of carbonyl (C=O) groups is 2. The molecule has 0 bridgehead atoms. The number of hydrogen-bond donors (Lipinski definition) is 2. The van der Waals surface area contributed by atoms with Crippen molar-refractivity contribution in [3.63, 3.8) is 0 Å². The Morgan fingerprint density at radius 2 is 1.45 bits per heavy atom. The van der Waals surface area contributed by atoms with E-state index in [0.29, 0.717) is 0 Å². The summed E-state index contributed by atoms with van der Waals surface area (Å²) in [4.78, 5) is 29.5. The molecule has 0 amide bonds. The summed E-state index contributed by atoms with van der Waals surface area (Å²) >= 11 is 0. The summed E-state index contributed by atoms with van der Waals surface area (Å²) in [5, 5.41) is 0. The first-order chi connectivity index (χ1) is 5.20. The van der Waals surface area contributed by atoms with Gasteiger partial charge in [-0.2, -0.15) is 11.0 Å². The fourth-order valence-electron chi connectivity index (χ4n) is 0.418. The first kappa shape index (κ1) is 9.86. The second kappa shape index (κ2) is 5.63. The maximum atomic E-state index is 10.5. The Hall–Kier alpha value is -1.14. The van der Waals surface area contributed by atoms with Crippen molar-refractivity contribution >= 4 is 11.9 Å². The fourth-order valence-corrected chi connectivity index (χ4v) is 0.418. The molecule has 0 aromatic heterocycles. The molecule has 6 nitrogen and oxygen atoms in total. The Morgan fingerprint density at radius 3 is 1.73 bits per heavy atom. The van der Waals surface area contributed by atoms with Gasteiger partial charge < -0.3 is 9.68 Å². The molecule has 0 radical (unpaired) electrons. The molecule has 0 saturated heterocycles. The molecule has 0 aliphatic rings. The second-order valence-corrected chi connectivity index (χ2v) is 1.53. The molecule has 0 aromatic rings. The van der Waals surface area contributed by atoms with Gasteiger partial charge in [-0.15, -0.1) is 0 Å². The maximum Gasteiger partial charge on any atom is 0.335 e. The predicted octanol–water partition coefficient (Wildman–Crippen LogP) is -1.27. The molecule has 64 valence electrons. The van der Waals surface area contributed by atoms with Crippen molar-refractivity contribution in [2.24, 2.45) is 0 Å². The number of nitrogens with one attached hydrogen (secondary N) is 2. The fraction of sp³-hybridized carbons (Fsp3) is 0.600. The molecule has 0 saturated carbocycles. The number of hydroxylamine groups is 2. The molecule has 11 heavy (non-hydrogen) atoms. The highest BCUT2D eigenvalue weighted by molar-refractivity contribution is 5.90. The SMILES string of the molecule is CNOC(=O)CC(=O)ONC. The van der Waals surface area contributed by atoms with E-state index in [1.54, 1.807) is 0 Å². The van der Waals surface area contributed by atoms with E-state index in [1.165, 1.54) is 14.1 Å². The zero-order valence-corrected chi connectivity index (χ0v) is 6.34. The Kier molecular flexibility index (Phi) is 5.05. The molecule has 0 rings (SSSR count). The van der Waals surface area contributed by atoms with Crippen molar-refractivity contribution in [3.05, 3.63) is 0 Å². The van der Waals surface area contributed by atoms with Crippen LogP contribution in [0.4, 0.5) is 0 Å². The quantitative estimate of drug-likeness (QED) is 0.396. The minimum atomic E-state index is -0.687. The van der Waals surface area contributed by atoms with Gasteiger partial charge in [-0.1, -0.05) is 0 Å². The van der Waals surface area contributed by atoms with Gasteiger partial charge in [0.1, 0.15) is 6.42 Å². The number of rotatable bonds is 4. The van der Waals surface area contributed by atoms with Crippen LogP contribution in [0.2, 0.25) is 0 Å². The van der Waals surface area contributed by atoms with Crippen molar-refractivity contribution in [2.45, 2.75) is 6.42 Å². The normalized spacial score (nSPS) is 8.91. The molecule has 0 aliphatic heterocycles. The van der Waals surface area contributed by atoms with Crippen LogP contribution < -0.4 is 11.0 Å². The summed E-state index contributed by atoms with van der Waals surface area (Å²) in [5.41, 5.74) is 4.27. The van der Waals surface area contributed by atoms with Gasteiger partial charge in [0, 0.05) is 14.1 Å². The Balaban J connectivity index is 3.49. The first-order valence-corrected chi connectivity index (χ1v) is 2.93. The zero-order valence-electron chi connectivity index (χ0n) is 6.34. The molecule has 0 aromatic carbocycles. The second-order valence-electron chi connectivity index (χ2n) is 1.53. The van der Waals surface area contributed by atoms with Crippen LogP contribution in [0.3, 0.4) is 0 Å². The van der Waals surface area contributed by atoms with E-state index in [0.717, 1.165) is 0 Å². The minimum absolute atomic E-state index is 0.415. The van der Waals surface area contributed by atoms with Gasteiger partial charge in [0.05, 0.1) is 0 Å². The molecule has 0 aliphatic carbocycles. The van der Waals surface area contributed by atoms with E-state index >= 15 is 0 Å². The van der Waals surface area contributed by atoms with Crippen molar-refractivity contribution in [2.75, 3.05) is 14.1 Å². The molecule has 0 atom stereocenters. The molecule has 0 spiro atoms. The van der Waals surface area contributed by atoms with E-state index in [-0.39, 0.29) is 0 Å². The van der Waals surface area contributed by atoms with Crippen LogP contribution in [-0.2, 0) is 19.3 Å². The van der Waals surface area contributed by atoms with E-state index in [1.807, 2.05) is 0 Å². The standard InChI is InChI=1S/C5H10N2O4/c1-6-10-4(8)3-5(9)11-7-2/h6-7H,3H2,1-2H3. The van der Waals surface area contributed by atoms with Gasteiger partial charge in [-0.3, -0.25) is 0 Å². The van der Waals surface area contributed by atoms with Gasteiger partial charge in [0.15, 0.2) is 0 Å². The van der Waals surface area contributed by atoms with Gasteiger partial charge in [-0.05, 0) is 0 Å². The summed E-state index contributed by atoms with van der Waals surface area (Å²) in [5.74, 6) is -1.37. The van der Waals surface area contributed by atoms with Gasteiger partial charge in [-0.25, -0.2) is 9.59 Å². The third-order valence-electron chi connectivity index (χ3n) is 0.720. The van der Waals surface area contributed by atoms with Crippen molar-refractivity contribution in [3.8, 4) is 0 Å². The van der Waals surface area contributed by atoms with Crippen LogP contribution in [0.5, 0.6) is 0 Å². The van der Waals surface area contributed by atoms with E-state index in [9.17, 15) is 9.59 Å². The summed E-state index contributed by atoms with van der Waals surface area (Å²) in [6, 6.07) is 0. The van der Waals surface area contributed by atoms with Crippen LogP contribution in [0.1, 0.15) is 6.42 Å². The van der Waals surface area contributed by atoms with Crippen LogP contribution >= 0.6 is 0 Å². The smallest absolute Gasteiger partial charge is 0.335 e. The highest BCUT2D eigenvalue weighted by atomic mass is 16.7. The molecule has 0 heterocycles. The molecular weight excluding hydrogens is 152 g/mol. The predicted molar refractivity (Wildman–Crippen MR) is 34.9 cm³/mol. The Labute approximate surface area is 63.8 Å². The number of hydrogen-bond acceptors (Lipinski definition) is 6. The lowest BCUT2D eigenvalue weighted by Crippen LogP contribution is -2.22. The van der Waals surface area contributed by atoms with E-state index in [4.69, 9.17) is 0 Å². The summed E-state index contributed by atoms with van der Waals surface area (Å²) in [6.45, 7) is 0.